The number of benzene rings is 1. The highest BCUT2D eigenvalue weighted by Gasteiger charge is 2.21. The van der Waals surface area contributed by atoms with Crippen LogP contribution in [0, 0.1) is 5.92 Å². The molecule has 1 aromatic rings. The average Bonchev–Trinajstić information content (AvgIpc) is 2.28. The fourth-order valence-electron chi connectivity index (χ4n) is 1.38. The molecule has 0 spiro atoms. The van der Waals surface area contributed by atoms with Crippen molar-refractivity contribution in [3.05, 3.63) is 23.2 Å². The van der Waals surface area contributed by atoms with Crippen molar-refractivity contribution < 1.29 is 13.2 Å². The molecule has 0 aromatic heterocycles. The van der Waals surface area contributed by atoms with Crippen LogP contribution in [0.2, 0.25) is 5.02 Å². The van der Waals surface area contributed by atoms with E-state index in [4.69, 9.17) is 22.1 Å². The smallest absolute Gasteiger partial charge is 0.179 e. The van der Waals surface area contributed by atoms with E-state index in [0.717, 1.165) is 0 Å². The van der Waals surface area contributed by atoms with Gasteiger partial charge in [-0.05, 0) is 24.1 Å². The van der Waals surface area contributed by atoms with Gasteiger partial charge in [-0.1, -0.05) is 25.4 Å². The van der Waals surface area contributed by atoms with E-state index in [9.17, 15) is 8.42 Å². The molecule has 6 heteroatoms. The maximum atomic E-state index is 12.1. The van der Waals surface area contributed by atoms with Gasteiger partial charge in [-0.3, -0.25) is 0 Å². The number of nitrogens with two attached hydrogens (primary N) is 1. The molecule has 0 aliphatic heterocycles. The minimum Gasteiger partial charge on any atom is -0.495 e. The largest absolute Gasteiger partial charge is 0.495 e. The average molecular weight is 292 g/mol. The van der Waals surface area contributed by atoms with E-state index in [-0.39, 0.29) is 21.6 Å². The van der Waals surface area contributed by atoms with E-state index in [1.807, 2.05) is 13.8 Å². The second-order valence-corrected chi connectivity index (χ2v) is 6.93. The number of methoxy groups -OCH3 is 1. The standard InChI is InChI=1S/C12H18ClNO3S/c1-8(2)11(14)7-18(15,16)9-4-5-12(17-3)10(13)6-9/h4-6,8,11H,7,14H2,1-3H3. The number of sulfone groups is 1. The second-order valence-electron chi connectivity index (χ2n) is 4.49. The monoisotopic (exact) mass is 291 g/mol. The molecule has 0 saturated heterocycles. The molecule has 4 nitrogen and oxygen atoms in total. The van der Waals surface area contributed by atoms with Crippen molar-refractivity contribution in [2.45, 2.75) is 24.8 Å². The van der Waals surface area contributed by atoms with E-state index >= 15 is 0 Å². The van der Waals surface area contributed by atoms with Gasteiger partial charge in [0.15, 0.2) is 9.84 Å². The van der Waals surface area contributed by atoms with Gasteiger partial charge in [0.25, 0.3) is 0 Å². The summed E-state index contributed by atoms with van der Waals surface area (Å²) in [5, 5.41) is 0.275. The number of hydrogen-bond acceptors (Lipinski definition) is 4. The SMILES string of the molecule is COc1ccc(S(=O)(=O)CC(N)C(C)C)cc1Cl. The normalized spacial score (nSPS) is 13.7. The summed E-state index contributed by atoms with van der Waals surface area (Å²) in [4.78, 5) is 0.171. The predicted molar refractivity (Wildman–Crippen MR) is 72.9 cm³/mol. The number of hydrogen-bond donors (Lipinski definition) is 1. The summed E-state index contributed by atoms with van der Waals surface area (Å²) in [6, 6.07) is 4.02. The molecule has 0 heterocycles. The van der Waals surface area contributed by atoms with Crippen molar-refractivity contribution in [2.75, 3.05) is 12.9 Å². The third-order valence-electron chi connectivity index (χ3n) is 2.75. The summed E-state index contributed by atoms with van der Waals surface area (Å²) in [5.74, 6) is 0.463. The van der Waals surface area contributed by atoms with Gasteiger partial charge in [0.05, 0.1) is 22.8 Å². The Morgan fingerprint density at radius 2 is 2.00 bits per heavy atom. The summed E-state index contributed by atoms with van der Waals surface area (Å²) in [5.41, 5.74) is 5.80. The summed E-state index contributed by atoms with van der Waals surface area (Å²) in [7, 11) is -1.94. The topological polar surface area (TPSA) is 69.4 Å². The Hall–Kier alpha value is -0.780. The molecule has 1 atom stereocenters. The van der Waals surface area contributed by atoms with Crippen LogP contribution in [-0.4, -0.2) is 27.3 Å². The zero-order valence-electron chi connectivity index (χ0n) is 10.7. The van der Waals surface area contributed by atoms with Crippen molar-refractivity contribution >= 4 is 21.4 Å². The van der Waals surface area contributed by atoms with Crippen LogP contribution in [0.25, 0.3) is 0 Å². The quantitative estimate of drug-likeness (QED) is 0.902. The summed E-state index contributed by atoms with van der Waals surface area (Å²) in [6.07, 6.45) is 0. The van der Waals surface area contributed by atoms with Crippen LogP contribution in [0.1, 0.15) is 13.8 Å². The lowest BCUT2D eigenvalue weighted by atomic mass is 10.1. The zero-order chi connectivity index (χ0) is 13.9. The van der Waals surface area contributed by atoms with Gasteiger partial charge in [0.1, 0.15) is 5.75 Å². The van der Waals surface area contributed by atoms with Crippen LogP contribution in [0.15, 0.2) is 23.1 Å². The number of rotatable bonds is 5. The molecule has 0 aliphatic rings. The lowest BCUT2D eigenvalue weighted by molar-refractivity contribution is 0.414. The van der Waals surface area contributed by atoms with Crippen LogP contribution in [0.4, 0.5) is 0 Å². The van der Waals surface area contributed by atoms with Gasteiger partial charge in [-0.2, -0.15) is 0 Å². The maximum Gasteiger partial charge on any atom is 0.179 e. The Morgan fingerprint density at radius 1 is 1.39 bits per heavy atom. The minimum atomic E-state index is -3.42. The zero-order valence-corrected chi connectivity index (χ0v) is 12.3. The summed E-state index contributed by atoms with van der Waals surface area (Å²) >= 11 is 5.91. The molecule has 1 unspecified atom stereocenters. The van der Waals surface area contributed by atoms with Gasteiger partial charge in [0, 0.05) is 6.04 Å². The third kappa shape index (κ3) is 3.60. The fraction of sp³-hybridized carbons (Fsp3) is 0.500. The molecule has 0 radical (unpaired) electrons. The summed E-state index contributed by atoms with van der Waals surface area (Å²) in [6.45, 7) is 3.78. The highest BCUT2D eigenvalue weighted by Crippen LogP contribution is 2.27. The van der Waals surface area contributed by atoms with Gasteiger partial charge in [0.2, 0.25) is 0 Å². The van der Waals surface area contributed by atoms with Crippen molar-refractivity contribution in [1.29, 1.82) is 0 Å². The molecule has 2 N–H and O–H groups in total. The Labute approximate surface area is 113 Å². The highest BCUT2D eigenvalue weighted by molar-refractivity contribution is 7.91. The van der Waals surface area contributed by atoms with Gasteiger partial charge >= 0.3 is 0 Å². The molecule has 18 heavy (non-hydrogen) atoms. The van der Waals surface area contributed by atoms with Crippen LogP contribution in [0.3, 0.4) is 0 Å². The van der Waals surface area contributed by atoms with E-state index in [1.165, 1.54) is 25.3 Å². The third-order valence-corrected chi connectivity index (χ3v) is 4.84. The first kappa shape index (κ1) is 15.3. The minimum absolute atomic E-state index is 0.0900. The molecule has 1 aromatic carbocycles. The lowest BCUT2D eigenvalue weighted by Crippen LogP contribution is -2.34. The first-order chi connectivity index (χ1) is 8.27. The van der Waals surface area contributed by atoms with Crippen molar-refractivity contribution in [3.63, 3.8) is 0 Å². The Balaban J connectivity index is 3.02. The fourth-order valence-corrected chi connectivity index (χ4v) is 3.36. The molecule has 0 saturated carbocycles. The van der Waals surface area contributed by atoms with E-state index in [1.54, 1.807) is 0 Å². The second kappa shape index (κ2) is 5.91. The van der Waals surface area contributed by atoms with E-state index in [2.05, 4.69) is 0 Å². The number of ether oxygens (including phenoxy) is 1. The molecule has 102 valence electrons. The molecule has 0 bridgehead atoms. The first-order valence-corrected chi connectivity index (χ1v) is 7.63. The first-order valence-electron chi connectivity index (χ1n) is 5.60. The Morgan fingerprint density at radius 3 is 2.44 bits per heavy atom. The van der Waals surface area contributed by atoms with Gasteiger partial charge < -0.3 is 10.5 Å². The lowest BCUT2D eigenvalue weighted by Gasteiger charge is -2.16. The van der Waals surface area contributed by atoms with Crippen molar-refractivity contribution in [1.82, 2.24) is 0 Å². The van der Waals surface area contributed by atoms with Crippen molar-refractivity contribution in [2.24, 2.45) is 11.7 Å². The van der Waals surface area contributed by atoms with Crippen LogP contribution < -0.4 is 10.5 Å². The van der Waals surface area contributed by atoms with Crippen LogP contribution in [-0.2, 0) is 9.84 Å². The Bertz CT molecular complexity index is 514. The van der Waals surface area contributed by atoms with Crippen molar-refractivity contribution in [3.8, 4) is 5.75 Å². The maximum absolute atomic E-state index is 12.1. The Kier molecular flexibility index (Phi) is 5.01. The molecule has 0 fully saturated rings. The van der Waals surface area contributed by atoms with Crippen LogP contribution >= 0.6 is 11.6 Å². The van der Waals surface area contributed by atoms with E-state index < -0.39 is 15.9 Å². The molecule has 0 aliphatic carbocycles. The number of halogens is 1. The molecular weight excluding hydrogens is 274 g/mol. The molecule has 1 rings (SSSR count). The van der Waals surface area contributed by atoms with Gasteiger partial charge in [-0.25, -0.2) is 8.42 Å². The summed E-state index contributed by atoms with van der Waals surface area (Å²) < 4.78 is 29.2. The predicted octanol–water partition coefficient (Wildman–Crippen LogP) is 2.11. The van der Waals surface area contributed by atoms with Gasteiger partial charge in [-0.15, -0.1) is 0 Å². The highest BCUT2D eigenvalue weighted by atomic mass is 35.5. The molecular formula is C12H18ClNO3S. The molecule has 0 amide bonds. The van der Waals surface area contributed by atoms with Crippen LogP contribution in [0.5, 0.6) is 5.75 Å². The van der Waals surface area contributed by atoms with E-state index in [0.29, 0.717) is 5.75 Å².